The zero-order valence-corrected chi connectivity index (χ0v) is 17.5. The lowest BCUT2D eigenvalue weighted by atomic mass is 9.92. The monoisotopic (exact) mass is 402 g/mol. The topological polar surface area (TPSA) is 52.2 Å². The Morgan fingerprint density at radius 2 is 1.68 bits per heavy atom. The van der Waals surface area contributed by atoms with Gasteiger partial charge in [0.25, 0.3) is 0 Å². The molecule has 150 valence electrons. The Bertz CT molecular complexity index is 843. The molecule has 28 heavy (non-hydrogen) atoms. The number of para-hydroxylation sites is 2. The third-order valence-corrected chi connectivity index (χ3v) is 5.38. The van der Waals surface area contributed by atoms with E-state index in [2.05, 4.69) is 10.2 Å². The molecule has 0 spiro atoms. The number of nitrogens with one attached hydrogen (secondary N) is 1. The molecule has 6 nitrogen and oxygen atoms in total. The maximum absolute atomic E-state index is 6.15. The molecule has 0 aromatic heterocycles. The molecule has 2 aromatic rings. The smallest absolute Gasteiger partial charge is 0.169 e. The van der Waals surface area contributed by atoms with E-state index >= 15 is 0 Å². The van der Waals surface area contributed by atoms with Gasteiger partial charge < -0.3 is 29.2 Å². The van der Waals surface area contributed by atoms with Gasteiger partial charge in [-0.25, -0.2) is 0 Å². The Balaban J connectivity index is 1.96. The Morgan fingerprint density at radius 1 is 1.04 bits per heavy atom. The summed E-state index contributed by atoms with van der Waals surface area (Å²) in [6.45, 7) is 1.22. The van der Waals surface area contributed by atoms with Crippen molar-refractivity contribution >= 4 is 17.3 Å². The minimum atomic E-state index is -0.0616. The molecule has 0 radical (unpaired) electrons. The highest BCUT2D eigenvalue weighted by Crippen LogP contribution is 2.39. The van der Waals surface area contributed by atoms with Crippen LogP contribution in [0.4, 0.5) is 0 Å². The van der Waals surface area contributed by atoms with Crippen LogP contribution in [-0.2, 0) is 6.42 Å². The molecule has 1 N–H and O–H groups in total. The van der Waals surface area contributed by atoms with E-state index in [-0.39, 0.29) is 6.04 Å². The highest BCUT2D eigenvalue weighted by molar-refractivity contribution is 7.80. The van der Waals surface area contributed by atoms with Crippen LogP contribution < -0.4 is 24.3 Å². The van der Waals surface area contributed by atoms with Crippen molar-refractivity contribution in [2.75, 3.05) is 41.5 Å². The molecule has 3 rings (SSSR count). The van der Waals surface area contributed by atoms with Crippen molar-refractivity contribution in [3.63, 3.8) is 0 Å². The van der Waals surface area contributed by atoms with Crippen molar-refractivity contribution in [1.82, 2.24) is 10.2 Å². The Kier molecular flexibility index (Phi) is 6.46. The maximum atomic E-state index is 6.15. The second kappa shape index (κ2) is 9.01. The summed E-state index contributed by atoms with van der Waals surface area (Å²) in [5.41, 5.74) is 2.33. The van der Waals surface area contributed by atoms with Gasteiger partial charge in [-0.3, -0.25) is 0 Å². The number of fused-ring (bicyclic) bond motifs is 1. The standard InChI is InChI=1S/C21H26N2O4S/c1-22-21(28)23-10-9-14-11-19(25-3)20(26-4)12-15(14)16(23)13-27-18-8-6-5-7-17(18)24-2/h5-8,11-12,16H,9-10,13H2,1-4H3,(H,22,28)/t16-/m1/s1. The molecule has 0 saturated carbocycles. The minimum Gasteiger partial charge on any atom is -0.493 e. The molecule has 0 amide bonds. The second-order valence-corrected chi connectivity index (χ2v) is 6.77. The van der Waals surface area contributed by atoms with E-state index in [0.29, 0.717) is 29.0 Å². The molecule has 0 bridgehead atoms. The summed E-state index contributed by atoms with van der Waals surface area (Å²) < 4.78 is 22.5. The zero-order valence-electron chi connectivity index (χ0n) is 16.7. The van der Waals surface area contributed by atoms with Crippen molar-refractivity contribution in [2.24, 2.45) is 0 Å². The fourth-order valence-corrected chi connectivity index (χ4v) is 3.72. The van der Waals surface area contributed by atoms with E-state index in [9.17, 15) is 0 Å². The number of hydrogen-bond donors (Lipinski definition) is 1. The number of nitrogens with zero attached hydrogens (tertiary/aromatic N) is 1. The quantitative estimate of drug-likeness (QED) is 0.745. The zero-order chi connectivity index (χ0) is 20.1. The summed E-state index contributed by atoms with van der Waals surface area (Å²) in [4.78, 5) is 2.15. The predicted molar refractivity (Wildman–Crippen MR) is 113 cm³/mol. The summed E-state index contributed by atoms with van der Waals surface area (Å²) in [6, 6.07) is 11.6. The van der Waals surface area contributed by atoms with Gasteiger partial charge in [0.2, 0.25) is 0 Å². The fourth-order valence-electron chi connectivity index (χ4n) is 3.50. The largest absolute Gasteiger partial charge is 0.493 e. The first-order valence-electron chi connectivity index (χ1n) is 9.11. The molecular formula is C21H26N2O4S. The molecule has 0 saturated heterocycles. The molecule has 0 fully saturated rings. The average Bonchev–Trinajstić information content (AvgIpc) is 2.75. The van der Waals surface area contributed by atoms with Gasteiger partial charge in [0.1, 0.15) is 6.61 Å². The van der Waals surface area contributed by atoms with Gasteiger partial charge in [-0.1, -0.05) is 12.1 Å². The molecular weight excluding hydrogens is 376 g/mol. The van der Waals surface area contributed by atoms with Crippen molar-refractivity contribution in [1.29, 1.82) is 0 Å². The minimum absolute atomic E-state index is 0.0616. The van der Waals surface area contributed by atoms with Crippen LogP contribution in [0.1, 0.15) is 17.2 Å². The fraction of sp³-hybridized carbons (Fsp3) is 0.381. The van der Waals surface area contributed by atoms with Crippen LogP contribution in [0.15, 0.2) is 36.4 Å². The van der Waals surface area contributed by atoms with Gasteiger partial charge in [0.15, 0.2) is 28.1 Å². The maximum Gasteiger partial charge on any atom is 0.169 e. The third-order valence-electron chi connectivity index (χ3n) is 4.94. The Labute approximate surface area is 171 Å². The average molecular weight is 403 g/mol. The van der Waals surface area contributed by atoms with Crippen LogP contribution in [0.25, 0.3) is 0 Å². The van der Waals surface area contributed by atoms with Crippen LogP contribution in [0.2, 0.25) is 0 Å². The molecule has 1 heterocycles. The summed E-state index contributed by atoms with van der Waals surface area (Å²) in [5.74, 6) is 2.83. The van der Waals surface area contributed by atoms with Crippen LogP contribution in [-0.4, -0.2) is 51.5 Å². The van der Waals surface area contributed by atoms with Gasteiger partial charge in [0.05, 0.1) is 27.4 Å². The molecule has 1 atom stereocenters. The van der Waals surface area contributed by atoms with Crippen LogP contribution in [0.5, 0.6) is 23.0 Å². The van der Waals surface area contributed by atoms with Crippen molar-refractivity contribution in [3.8, 4) is 23.0 Å². The first-order valence-corrected chi connectivity index (χ1v) is 9.52. The molecule has 1 aliphatic heterocycles. The van der Waals surface area contributed by atoms with Gasteiger partial charge in [-0.15, -0.1) is 0 Å². The van der Waals surface area contributed by atoms with Crippen LogP contribution in [0.3, 0.4) is 0 Å². The highest BCUT2D eigenvalue weighted by atomic mass is 32.1. The lowest BCUT2D eigenvalue weighted by Crippen LogP contribution is -2.46. The molecule has 7 heteroatoms. The van der Waals surface area contributed by atoms with E-state index in [4.69, 9.17) is 31.2 Å². The van der Waals surface area contributed by atoms with Crippen molar-refractivity contribution in [3.05, 3.63) is 47.5 Å². The first kappa shape index (κ1) is 20.1. The van der Waals surface area contributed by atoms with E-state index in [0.717, 1.165) is 24.3 Å². The number of thiocarbonyl (C=S) groups is 1. The van der Waals surface area contributed by atoms with Crippen LogP contribution in [0, 0.1) is 0 Å². The predicted octanol–water partition coefficient (Wildman–Crippen LogP) is 3.19. The van der Waals surface area contributed by atoms with Gasteiger partial charge in [-0.2, -0.15) is 0 Å². The summed E-state index contributed by atoms with van der Waals surface area (Å²) in [6.07, 6.45) is 0.864. The number of rotatable bonds is 6. The third kappa shape index (κ3) is 3.94. The van der Waals surface area contributed by atoms with E-state index in [1.807, 2.05) is 43.4 Å². The molecule has 0 unspecified atom stereocenters. The first-order chi connectivity index (χ1) is 13.6. The number of benzene rings is 2. The summed E-state index contributed by atoms with van der Waals surface area (Å²) in [7, 11) is 6.77. The Hall–Kier alpha value is -2.67. The number of hydrogen-bond acceptors (Lipinski definition) is 5. The van der Waals surface area contributed by atoms with E-state index in [1.165, 1.54) is 5.56 Å². The van der Waals surface area contributed by atoms with Crippen molar-refractivity contribution in [2.45, 2.75) is 12.5 Å². The van der Waals surface area contributed by atoms with Gasteiger partial charge in [-0.05, 0) is 54.0 Å². The molecule has 1 aliphatic rings. The van der Waals surface area contributed by atoms with Gasteiger partial charge >= 0.3 is 0 Å². The highest BCUT2D eigenvalue weighted by Gasteiger charge is 2.31. The molecule has 2 aromatic carbocycles. The summed E-state index contributed by atoms with van der Waals surface area (Å²) in [5, 5.41) is 3.78. The molecule has 0 aliphatic carbocycles. The van der Waals surface area contributed by atoms with E-state index in [1.54, 1.807) is 21.3 Å². The lowest BCUT2D eigenvalue weighted by Gasteiger charge is -2.39. The number of ether oxygens (including phenoxy) is 4. The number of methoxy groups -OCH3 is 3. The van der Waals surface area contributed by atoms with E-state index < -0.39 is 0 Å². The van der Waals surface area contributed by atoms with Gasteiger partial charge in [0, 0.05) is 13.6 Å². The normalized spacial score (nSPS) is 15.4. The SMILES string of the molecule is CNC(=S)N1CCc2cc(OC)c(OC)cc2[C@H]1COc1ccccc1OC. The Morgan fingerprint density at radius 3 is 2.32 bits per heavy atom. The lowest BCUT2D eigenvalue weighted by molar-refractivity contribution is 0.183. The second-order valence-electron chi connectivity index (χ2n) is 6.38. The summed E-state index contributed by atoms with van der Waals surface area (Å²) >= 11 is 5.55. The van der Waals surface area contributed by atoms with Crippen LogP contribution >= 0.6 is 12.2 Å². The van der Waals surface area contributed by atoms with Crippen molar-refractivity contribution < 1.29 is 18.9 Å².